The van der Waals surface area contributed by atoms with Crippen molar-refractivity contribution in [3.63, 3.8) is 0 Å². The van der Waals surface area contributed by atoms with Crippen LogP contribution in [0, 0.1) is 10.1 Å². The number of aliphatic hydroxyl groups is 1. The second-order valence-electron chi connectivity index (χ2n) is 4.03. The number of nitrogens with zero attached hydrogens (tertiary/aromatic N) is 1. The summed E-state index contributed by atoms with van der Waals surface area (Å²) >= 11 is 5.86. The van der Waals surface area contributed by atoms with E-state index in [1.807, 2.05) is 0 Å². The molecule has 0 saturated heterocycles. The molecule has 1 aromatic rings. The van der Waals surface area contributed by atoms with Crippen molar-refractivity contribution in [1.82, 2.24) is 5.32 Å². The van der Waals surface area contributed by atoms with Crippen LogP contribution in [0.1, 0.15) is 16.8 Å². The van der Waals surface area contributed by atoms with Crippen LogP contribution in [0.5, 0.6) is 0 Å². The third-order valence-electron chi connectivity index (χ3n) is 2.60. The molecule has 0 spiro atoms. The number of aliphatic hydroxyl groups excluding tert-OH is 1. The van der Waals surface area contributed by atoms with E-state index >= 15 is 0 Å². The van der Waals surface area contributed by atoms with Crippen LogP contribution in [0.4, 0.5) is 5.69 Å². The lowest BCUT2D eigenvalue weighted by molar-refractivity contribution is -0.385. The van der Waals surface area contributed by atoms with Crippen molar-refractivity contribution in [2.24, 2.45) is 0 Å². The van der Waals surface area contributed by atoms with Crippen LogP contribution in [-0.4, -0.2) is 42.3 Å². The van der Waals surface area contributed by atoms with Crippen LogP contribution in [0.3, 0.4) is 0 Å². The van der Waals surface area contributed by atoms with E-state index < -0.39 is 16.9 Å². The lowest BCUT2D eigenvalue weighted by atomic mass is 10.1. The fourth-order valence-corrected chi connectivity index (χ4v) is 1.96. The van der Waals surface area contributed by atoms with Crippen LogP contribution in [0.15, 0.2) is 18.2 Å². The first kappa shape index (κ1) is 16.4. The van der Waals surface area contributed by atoms with Crippen molar-refractivity contribution in [2.75, 3.05) is 20.3 Å². The predicted molar refractivity (Wildman–Crippen MR) is 72.9 cm³/mol. The Kier molecular flexibility index (Phi) is 6.37. The van der Waals surface area contributed by atoms with E-state index in [1.54, 1.807) is 0 Å². The van der Waals surface area contributed by atoms with Crippen LogP contribution in [-0.2, 0) is 4.74 Å². The zero-order valence-electron chi connectivity index (χ0n) is 10.8. The van der Waals surface area contributed by atoms with Gasteiger partial charge in [-0.25, -0.2) is 0 Å². The van der Waals surface area contributed by atoms with E-state index in [1.165, 1.54) is 25.3 Å². The normalized spacial score (nSPS) is 11.9. The predicted octanol–water partition coefficient (Wildman–Crippen LogP) is 1.38. The Labute approximate surface area is 120 Å². The van der Waals surface area contributed by atoms with Gasteiger partial charge in [0.1, 0.15) is 5.56 Å². The van der Waals surface area contributed by atoms with E-state index in [0.717, 1.165) is 0 Å². The molecule has 0 saturated carbocycles. The third-order valence-corrected chi connectivity index (χ3v) is 2.91. The number of methoxy groups -OCH3 is 1. The quantitative estimate of drug-likeness (QED) is 0.585. The van der Waals surface area contributed by atoms with Crippen molar-refractivity contribution < 1.29 is 19.6 Å². The first-order valence-corrected chi connectivity index (χ1v) is 6.22. The molecule has 0 radical (unpaired) electrons. The van der Waals surface area contributed by atoms with E-state index in [0.29, 0.717) is 0 Å². The first-order chi connectivity index (χ1) is 9.51. The number of amides is 1. The van der Waals surface area contributed by atoms with Gasteiger partial charge in [-0.2, -0.15) is 0 Å². The number of halogens is 1. The maximum absolute atomic E-state index is 12.1. The van der Waals surface area contributed by atoms with E-state index in [-0.39, 0.29) is 35.9 Å². The van der Waals surface area contributed by atoms with Gasteiger partial charge in [-0.15, -0.1) is 0 Å². The summed E-state index contributed by atoms with van der Waals surface area (Å²) in [5.74, 6) is -0.669. The first-order valence-electron chi connectivity index (χ1n) is 5.84. The number of nitrogens with one attached hydrogen (secondary N) is 1. The zero-order valence-corrected chi connectivity index (χ0v) is 11.6. The Morgan fingerprint density at radius 1 is 1.60 bits per heavy atom. The van der Waals surface area contributed by atoms with Gasteiger partial charge in [0.15, 0.2) is 0 Å². The Balaban J connectivity index is 2.99. The monoisotopic (exact) mass is 302 g/mol. The number of benzene rings is 1. The number of nitro groups is 1. The number of hydrogen-bond acceptors (Lipinski definition) is 5. The fraction of sp³-hybridized carbons (Fsp3) is 0.417. The molecule has 1 aromatic carbocycles. The summed E-state index contributed by atoms with van der Waals surface area (Å²) in [6.45, 7) is 0.0451. The van der Waals surface area contributed by atoms with Gasteiger partial charge in [0, 0.05) is 19.8 Å². The molecule has 0 aliphatic heterocycles. The van der Waals surface area contributed by atoms with E-state index in [2.05, 4.69) is 5.32 Å². The van der Waals surface area contributed by atoms with Gasteiger partial charge in [-0.3, -0.25) is 14.9 Å². The molecule has 0 heterocycles. The molecule has 0 aliphatic carbocycles. The summed E-state index contributed by atoms with van der Waals surface area (Å²) in [6, 6.07) is 3.56. The molecule has 7 nitrogen and oxygen atoms in total. The lowest BCUT2D eigenvalue weighted by Gasteiger charge is -2.17. The molecule has 0 fully saturated rings. The van der Waals surface area contributed by atoms with Crippen molar-refractivity contribution in [2.45, 2.75) is 12.5 Å². The molecule has 0 aromatic heterocycles. The summed E-state index contributed by atoms with van der Waals surface area (Å²) in [5, 5.41) is 22.4. The van der Waals surface area contributed by atoms with Gasteiger partial charge >= 0.3 is 0 Å². The molecule has 1 unspecified atom stereocenters. The van der Waals surface area contributed by atoms with E-state index in [9.17, 15) is 14.9 Å². The van der Waals surface area contributed by atoms with Gasteiger partial charge in [0.05, 0.1) is 22.6 Å². The minimum Gasteiger partial charge on any atom is -0.396 e. The Morgan fingerprint density at radius 2 is 2.30 bits per heavy atom. The van der Waals surface area contributed by atoms with Gasteiger partial charge in [-0.05, 0) is 12.5 Å². The number of carbonyl (C=O) groups is 1. The number of rotatable bonds is 7. The lowest BCUT2D eigenvalue weighted by Crippen LogP contribution is -2.39. The number of carbonyl (C=O) groups excluding carboxylic acids is 1. The van der Waals surface area contributed by atoms with Crippen LogP contribution in [0.2, 0.25) is 5.02 Å². The van der Waals surface area contributed by atoms with Gasteiger partial charge < -0.3 is 15.2 Å². The highest BCUT2D eigenvalue weighted by Crippen LogP contribution is 2.26. The average molecular weight is 303 g/mol. The molecule has 8 heteroatoms. The Morgan fingerprint density at radius 3 is 2.85 bits per heavy atom. The highest BCUT2D eigenvalue weighted by Gasteiger charge is 2.25. The summed E-state index contributed by atoms with van der Waals surface area (Å²) in [5.41, 5.74) is -0.562. The van der Waals surface area contributed by atoms with E-state index in [4.69, 9.17) is 21.4 Å². The maximum atomic E-state index is 12.1. The molecule has 2 N–H and O–H groups in total. The molecule has 1 amide bonds. The van der Waals surface area contributed by atoms with Crippen LogP contribution >= 0.6 is 11.6 Å². The van der Waals surface area contributed by atoms with Crippen molar-refractivity contribution in [3.05, 3.63) is 38.9 Å². The highest BCUT2D eigenvalue weighted by atomic mass is 35.5. The highest BCUT2D eigenvalue weighted by molar-refractivity contribution is 6.34. The smallest absolute Gasteiger partial charge is 0.283 e. The number of nitro benzene ring substituents is 1. The summed E-state index contributed by atoms with van der Waals surface area (Å²) < 4.78 is 4.91. The standard InChI is InChI=1S/C12H15ClN2O5/c1-20-7-8(5-6-16)14-12(17)11-9(13)3-2-4-10(11)15(18)19/h2-4,8,16H,5-7H2,1H3,(H,14,17). The van der Waals surface area contributed by atoms with Crippen molar-refractivity contribution in [1.29, 1.82) is 0 Å². The molecule has 0 aliphatic rings. The van der Waals surface area contributed by atoms with Crippen molar-refractivity contribution >= 4 is 23.2 Å². The van der Waals surface area contributed by atoms with Gasteiger partial charge in [0.25, 0.3) is 11.6 Å². The summed E-state index contributed by atoms with van der Waals surface area (Å²) in [4.78, 5) is 22.4. The number of ether oxygens (including phenoxy) is 1. The minimum atomic E-state index is -0.669. The number of hydrogen-bond donors (Lipinski definition) is 2. The minimum absolute atomic E-state index is 0.00290. The van der Waals surface area contributed by atoms with Gasteiger partial charge in [0.2, 0.25) is 0 Å². The Bertz CT molecular complexity index is 489. The summed E-state index contributed by atoms with van der Waals surface area (Å²) in [7, 11) is 1.45. The maximum Gasteiger partial charge on any atom is 0.283 e. The topological polar surface area (TPSA) is 102 Å². The molecule has 1 atom stereocenters. The largest absolute Gasteiger partial charge is 0.396 e. The van der Waals surface area contributed by atoms with Crippen LogP contribution in [0.25, 0.3) is 0 Å². The SMILES string of the molecule is COCC(CCO)NC(=O)c1c(Cl)cccc1[N+](=O)[O-]. The molecule has 20 heavy (non-hydrogen) atoms. The van der Waals surface area contributed by atoms with Crippen LogP contribution < -0.4 is 5.32 Å². The molecule has 110 valence electrons. The molecular formula is C12H15ClN2O5. The van der Waals surface area contributed by atoms with Gasteiger partial charge in [-0.1, -0.05) is 17.7 Å². The Hall–Kier alpha value is -1.70. The summed E-state index contributed by atoms with van der Waals surface area (Å²) in [6.07, 6.45) is 0.276. The fourth-order valence-electron chi connectivity index (χ4n) is 1.70. The molecule has 0 bridgehead atoms. The molecule has 1 rings (SSSR count). The third kappa shape index (κ3) is 4.16. The zero-order chi connectivity index (χ0) is 15.1. The molecular weight excluding hydrogens is 288 g/mol. The second kappa shape index (κ2) is 7.78. The average Bonchev–Trinajstić information content (AvgIpc) is 2.38. The van der Waals surface area contributed by atoms with Crippen molar-refractivity contribution in [3.8, 4) is 0 Å². The second-order valence-corrected chi connectivity index (χ2v) is 4.44.